The van der Waals surface area contributed by atoms with Crippen molar-refractivity contribution in [1.82, 2.24) is 19.5 Å². The first-order valence-electron chi connectivity index (χ1n) is 9.43. The number of benzene rings is 1. The number of hydrogen-bond donors (Lipinski definition) is 0. The normalized spacial score (nSPS) is 14.9. The largest absolute Gasteiger partial charge is 0.443 e. The van der Waals surface area contributed by atoms with Crippen molar-refractivity contribution >= 4 is 23.0 Å². The molecule has 0 unspecified atom stereocenters. The van der Waals surface area contributed by atoms with Crippen LogP contribution in [0.4, 0.5) is 29.2 Å². The lowest BCUT2D eigenvalue weighted by Crippen LogP contribution is -2.48. The van der Waals surface area contributed by atoms with Crippen molar-refractivity contribution in [3.05, 3.63) is 62.5 Å². The minimum absolute atomic E-state index is 0.0724. The summed E-state index contributed by atoms with van der Waals surface area (Å²) < 4.78 is 52.6. The number of piperazine rings is 1. The number of nitrogens with zero attached hydrogens (tertiary/aromatic N) is 6. The van der Waals surface area contributed by atoms with Gasteiger partial charge in [0.15, 0.2) is 5.01 Å². The minimum Gasteiger partial charge on any atom is -0.368 e. The number of thiazole rings is 1. The van der Waals surface area contributed by atoms with E-state index in [0.717, 1.165) is 11.9 Å². The van der Waals surface area contributed by atoms with Gasteiger partial charge in [-0.1, -0.05) is 0 Å². The Hall–Kier alpha value is -3.02. The number of aryl methyl sites for hydroxylation is 1. The molecule has 0 atom stereocenters. The second-order valence-corrected chi connectivity index (χ2v) is 8.13. The van der Waals surface area contributed by atoms with Crippen LogP contribution in [0.15, 0.2) is 35.3 Å². The maximum Gasteiger partial charge on any atom is 0.443 e. The molecule has 0 saturated carbocycles. The molecule has 1 aliphatic rings. The summed E-state index contributed by atoms with van der Waals surface area (Å²) in [6, 6.07) is 6.26. The number of alkyl halides is 3. The minimum atomic E-state index is -4.51. The Bertz CT molecular complexity index is 1120. The second-order valence-electron chi connectivity index (χ2n) is 7.02. The number of rotatable bonds is 4. The molecule has 4 rings (SSSR count). The van der Waals surface area contributed by atoms with Gasteiger partial charge in [-0.2, -0.15) is 23.1 Å². The zero-order valence-corrected chi connectivity index (χ0v) is 17.3. The summed E-state index contributed by atoms with van der Waals surface area (Å²) in [5.74, 6) is 0.357. The fourth-order valence-corrected chi connectivity index (χ4v) is 4.09. The fourth-order valence-electron chi connectivity index (χ4n) is 3.32. The van der Waals surface area contributed by atoms with E-state index in [1.54, 1.807) is 19.1 Å². The highest BCUT2D eigenvalue weighted by Gasteiger charge is 2.34. The first-order chi connectivity index (χ1) is 14.7. The average molecular weight is 454 g/mol. The summed E-state index contributed by atoms with van der Waals surface area (Å²) in [7, 11) is 0. The predicted octanol–water partition coefficient (Wildman–Crippen LogP) is 2.94. The third kappa shape index (κ3) is 4.68. The molecular weight excluding hydrogens is 436 g/mol. The lowest BCUT2D eigenvalue weighted by atomic mass is 10.2. The molecule has 31 heavy (non-hydrogen) atoms. The van der Waals surface area contributed by atoms with Gasteiger partial charge < -0.3 is 9.80 Å². The zero-order chi connectivity index (χ0) is 22.2. The van der Waals surface area contributed by atoms with Crippen molar-refractivity contribution < 1.29 is 17.6 Å². The van der Waals surface area contributed by atoms with E-state index in [9.17, 15) is 22.4 Å². The van der Waals surface area contributed by atoms with Gasteiger partial charge in [0.1, 0.15) is 11.6 Å². The summed E-state index contributed by atoms with van der Waals surface area (Å²) in [6.07, 6.45) is -3.40. The van der Waals surface area contributed by atoms with Gasteiger partial charge >= 0.3 is 11.9 Å². The molecule has 3 aromatic rings. The Labute approximate surface area is 178 Å². The van der Waals surface area contributed by atoms with Crippen LogP contribution in [0.3, 0.4) is 0 Å². The van der Waals surface area contributed by atoms with Crippen LogP contribution < -0.4 is 15.5 Å². The molecule has 2 aromatic heterocycles. The van der Waals surface area contributed by atoms with E-state index in [-0.39, 0.29) is 18.3 Å². The molecule has 3 heterocycles. The molecule has 1 aromatic carbocycles. The van der Waals surface area contributed by atoms with E-state index in [1.807, 2.05) is 4.90 Å². The van der Waals surface area contributed by atoms with E-state index in [4.69, 9.17) is 0 Å². The fraction of sp³-hybridized carbons (Fsp3) is 0.368. The van der Waals surface area contributed by atoms with E-state index in [2.05, 4.69) is 19.9 Å². The Morgan fingerprint density at radius 3 is 2.26 bits per heavy atom. The van der Waals surface area contributed by atoms with Gasteiger partial charge in [0, 0.05) is 42.9 Å². The van der Waals surface area contributed by atoms with Gasteiger partial charge in [-0.25, -0.2) is 14.2 Å². The molecule has 0 aliphatic carbocycles. The highest BCUT2D eigenvalue weighted by Crippen LogP contribution is 2.32. The van der Waals surface area contributed by atoms with E-state index < -0.39 is 16.9 Å². The first kappa shape index (κ1) is 21.2. The Morgan fingerprint density at radius 2 is 1.68 bits per heavy atom. The van der Waals surface area contributed by atoms with Crippen LogP contribution in [0.1, 0.15) is 15.7 Å². The third-order valence-electron chi connectivity index (χ3n) is 4.94. The average Bonchev–Trinajstić information content (AvgIpc) is 3.21. The van der Waals surface area contributed by atoms with Crippen molar-refractivity contribution in [1.29, 1.82) is 0 Å². The molecule has 164 valence electrons. The molecular formula is C19H18F4N6OS. The van der Waals surface area contributed by atoms with Crippen molar-refractivity contribution in [2.24, 2.45) is 0 Å². The molecule has 7 nitrogen and oxygen atoms in total. The number of aromatic nitrogens is 4. The Morgan fingerprint density at radius 1 is 1.03 bits per heavy atom. The molecule has 1 saturated heterocycles. The molecule has 0 bridgehead atoms. The van der Waals surface area contributed by atoms with Crippen LogP contribution in [-0.2, 0) is 12.7 Å². The highest BCUT2D eigenvalue weighted by atomic mass is 32.1. The lowest BCUT2D eigenvalue weighted by molar-refractivity contribution is -0.137. The van der Waals surface area contributed by atoms with Crippen molar-refractivity contribution in [2.75, 3.05) is 36.0 Å². The number of hydrogen-bond acceptors (Lipinski definition) is 7. The quantitative estimate of drug-likeness (QED) is 0.565. The Balaban J connectivity index is 1.46. The predicted molar refractivity (Wildman–Crippen MR) is 108 cm³/mol. The van der Waals surface area contributed by atoms with E-state index >= 15 is 0 Å². The van der Waals surface area contributed by atoms with Gasteiger partial charge in [-0.05, 0) is 31.2 Å². The summed E-state index contributed by atoms with van der Waals surface area (Å²) in [6.45, 7) is 3.99. The van der Waals surface area contributed by atoms with Crippen molar-refractivity contribution in [2.45, 2.75) is 19.6 Å². The van der Waals surface area contributed by atoms with Crippen molar-refractivity contribution in [3.63, 3.8) is 0 Å². The topological polar surface area (TPSA) is 67.2 Å². The number of halogens is 4. The smallest absolute Gasteiger partial charge is 0.368 e. The third-order valence-corrected chi connectivity index (χ3v) is 5.97. The second kappa shape index (κ2) is 8.25. The summed E-state index contributed by atoms with van der Waals surface area (Å²) in [5.41, 5.74) is 0.335. The number of anilines is 2. The van der Waals surface area contributed by atoms with Crippen LogP contribution in [0, 0.1) is 12.7 Å². The van der Waals surface area contributed by atoms with Gasteiger partial charge in [-0.15, -0.1) is 11.3 Å². The van der Waals surface area contributed by atoms with Gasteiger partial charge in [0.25, 0.3) is 0 Å². The lowest BCUT2D eigenvalue weighted by Gasteiger charge is -2.36. The SMILES string of the molecule is Cc1nc(N2CCN(c3ccc(F)cc3)CC2)nc(=O)n1Cc1cnc(C(F)(F)F)s1. The maximum atomic E-state index is 13.1. The summed E-state index contributed by atoms with van der Waals surface area (Å²) in [5, 5.41) is -0.954. The van der Waals surface area contributed by atoms with Crippen LogP contribution in [0.2, 0.25) is 0 Å². The first-order valence-corrected chi connectivity index (χ1v) is 10.3. The molecule has 0 spiro atoms. The standard InChI is InChI=1S/C19H18F4N6OS/c1-12-25-17(28-8-6-27(7-9-28)14-4-2-13(20)3-5-14)26-18(30)29(12)11-15-10-24-16(31-15)19(21,22)23/h2-5,10H,6-9,11H2,1H3. The summed E-state index contributed by atoms with van der Waals surface area (Å²) in [4.78, 5) is 28.6. The van der Waals surface area contributed by atoms with Crippen LogP contribution in [0.5, 0.6) is 0 Å². The van der Waals surface area contributed by atoms with Crippen LogP contribution >= 0.6 is 11.3 Å². The van der Waals surface area contributed by atoms with E-state index in [1.165, 1.54) is 16.7 Å². The Kier molecular flexibility index (Phi) is 5.65. The highest BCUT2D eigenvalue weighted by molar-refractivity contribution is 7.11. The van der Waals surface area contributed by atoms with Crippen molar-refractivity contribution in [3.8, 4) is 0 Å². The molecule has 0 amide bonds. The molecule has 0 radical (unpaired) electrons. The van der Waals surface area contributed by atoms with Gasteiger partial charge in [0.05, 0.1) is 6.54 Å². The maximum absolute atomic E-state index is 13.1. The molecule has 0 N–H and O–H groups in total. The van der Waals surface area contributed by atoms with Crippen LogP contribution in [-0.4, -0.2) is 45.7 Å². The molecule has 1 fully saturated rings. The van der Waals surface area contributed by atoms with Gasteiger partial charge in [-0.3, -0.25) is 4.57 Å². The molecule has 12 heteroatoms. The van der Waals surface area contributed by atoms with Crippen LogP contribution in [0.25, 0.3) is 0 Å². The van der Waals surface area contributed by atoms with E-state index in [0.29, 0.717) is 48.2 Å². The molecule has 1 aliphatic heterocycles. The monoisotopic (exact) mass is 454 g/mol. The van der Waals surface area contributed by atoms with Gasteiger partial charge in [0.2, 0.25) is 5.95 Å². The summed E-state index contributed by atoms with van der Waals surface area (Å²) >= 11 is 0.493. The zero-order valence-electron chi connectivity index (χ0n) is 16.4.